The average Bonchev–Trinajstić information content (AvgIpc) is 3.45. The topological polar surface area (TPSA) is 84.9 Å². The molecule has 0 saturated carbocycles. The van der Waals surface area contributed by atoms with E-state index in [1.807, 2.05) is 18.2 Å². The minimum absolute atomic E-state index is 0.225. The summed E-state index contributed by atoms with van der Waals surface area (Å²) in [6.07, 6.45) is 1.84. The minimum Gasteiger partial charge on any atom is -0.469 e. The molecule has 0 aliphatic rings. The van der Waals surface area contributed by atoms with Gasteiger partial charge >= 0.3 is 11.9 Å². The minimum atomic E-state index is -0.225. The highest BCUT2D eigenvalue weighted by atomic mass is 16.5. The summed E-state index contributed by atoms with van der Waals surface area (Å²) in [7, 11) is 2.84. The van der Waals surface area contributed by atoms with Gasteiger partial charge in [-0.05, 0) is 144 Å². The standard InChI is InChI=1S/C65H54N4O4/c1-45-14-41-60-61(44-45)67-65(53-27-39-59(40-28-53)69(55-31-17-47(18-32-55)20-43-63(71)73-3)57-35-23-51(24-36-57)49-12-8-5-9-13-49)64(66-60)52-25-37-58(38-26-52)68(54-29-15-46(16-30-54)19-42-62(70)72-2)56-33-21-50(22-34-56)48-10-6-4-7-11-48/h4-18,21-41,44H,19-20,42-43H2,1-3H3. The molecule has 0 radical (unpaired) electrons. The Morgan fingerprint density at radius 1 is 0.370 bits per heavy atom. The highest BCUT2D eigenvalue weighted by Gasteiger charge is 2.19. The van der Waals surface area contributed by atoms with Crippen LogP contribution in [0.25, 0.3) is 55.8 Å². The van der Waals surface area contributed by atoms with Crippen LogP contribution in [0.1, 0.15) is 29.5 Å². The number of hydrogen-bond acceptors (Lipinski definition) is 8. The number of nitrogens with zero attached hydrogens (tertiary/aromatic N) is 4. The molecule has 0 amide bonds. The Morgan fingerprint density at radius 2 is 0.685 bits per heavy atom. The van der Waals surface area contributed by atoms with E-state index in [2.05, 4.69) is 223 Å². The zero-order chi connectivity index (χ0) is 50.1. The average molecular weight is 955 g/mol. The number of fused-ring (bicyclic) bond motifs is 1. The number of aryl methyl sites for hydroxylation is 3. The van der Waals surface area contributed by atoms with Gasteiger partial charge in [-0.15, -0.1) is 0 Å². The lowest BCUT2D eigenvalue weighted by Crippen LogP contribution is -2.10. The summed E-state index contributed by atoms with van der Waals surface area (Å²) in [5, 5.41) is 0. The first-order valence-corrected chi connectivity index (χ1v) is 24.5. The van der Waals surface area contributed by atoms with Crippen molar-refractivity contribution in [3.05, 3.63) is 241 Å². The Balaban J connectivity index is 1.01. The van der Waals surface area contributed by atoms with Gasteiger partial charge in [0.2, 0.25) is 0 Å². The fourth-order valence-corrected chi connectivity index (χ4v) is 9.19. The van der Waals surface area contributed by atoms with E-state index in [0.717, 1.165) is 107 Å². The molecule has 0 unspecified atom stereocenters. The molecule has 0 saturated heterocycles. The van der Waals surface area contributed by atoms with Crippen molar-refractivity contribution >= 4 is 57.1 Å². The van der Waals surface area contributed by atoms with E-state index < -0.39 is 0 Å². The highest BCUT2D eigenvalue weighted by molar-refractivity contribution is 5.89. The second kappa shape index (κ2) is 21.9. The normalized spacial score (nSPS) is 11.0. The first-order chi connectivity index (χ1) is 35.8. The van der Waals surface area contributed by atoms with Crippen molar-refractivity contribution < 1.29 is 19.1 Å². The van der Waals surface area contributed by atoms with Crippen molar-refractivity contribution in [2.45, 2.75) is 32.6 Å². The molecular formula is C65H54N4O4. The highest BCUT2D eigenvalue weighted by Crippen LogP contribution is 2.41. The van der Waals surface area contributed by atoms with Crippen molar-refractivity contribution in [2.75, 3.05) is 24.0 Å². The van der Waals surface area contributed by atoms with Gasteiger partial charge in [0.1, 0.15) is 0 Å². The van der Waals surface area contributed by atoms with Gasteiger partial charge in [-0.2, -0.15) is 0 Å². The molecule has 9 aromatic carbocycles. The van der Waals surface area contributed by atoms with Gasteiger partial charge in [-0.1, -0.05) is 140 Å². The molecule has 0 aliphatic heterocycles. The summed E-state index contributed by atoms with van der Waals surface area (Å²) in [6, 6.07) is 78.1. The van der Waals surface area contributed by atoms with Crippen molar-refractivity contribution in [1.82, 2.24) is 9.97 Å². The molecule has 0 aliphatic carbocycles. The molecule has 8 heteroatoms. The predicted octanol–water partition coefficient (Wildman–Crippen LogP) is 15.8. The maximum Gasteiger partial charge on any atom is 0.305 e. The van der Waals surface area contributed by atoms with Gasteiger partial charge in [0.05, 0.1) is 36.6 Å². The second-order valence-corrected chi connectivity index (χ2v) is 18.0. The van der Waals surface area contributed by atoms with Gasteiger partial charge in [0.25, 0.3) is 0 Å². The molecule has 0 fully saturated rings. The van der Waals surface area contributed by atoms with Crippen LogP contribution in [0, 0.1) is 6.92 Å². The Kier molecular flexibility index (Phi) is 14.2. The Labute approximate surface area is 426 Å². The molecule has 1 heterocycles. The van der Waals surface area contributed by atoms with E-state index in [-0.39, 0.29) is 11.9 Å². The molecule has 0 bridgehead atoms. The molecule has 0 N–H and O–H groups in total. The summed E-state index contributed by atoms with van der Waals surface area (Å²) in [4.78, 5) is 39.0. The van der Waals surface area contributed by atoms with Crippen LogP contribution in [-0.4, -0.2) is 36.1 Å². The third kappa shape index (κ3) is 10.9. The molecular weight excluding hydrogens is 901 g/mol. The van der Waals surface area contributed by atoms with Crippen LogP contribution in [0.4, 0.5) is 34.1 Å². The molecule has 10 aromatic rings. The van der Waals surface area contributed by atoms with E-state index in [1.165, 1.54) is 14.2 Å². The monoisotopic (exact) mass is 954 g/mol. The number of carbonyl (C=O) groups is 2. The van der Waals surface area contributed by atoms with Crippen molar-refractivity contribution in [3.8, 4) is 44.8 Å². The third-order valence-electron chi connectivity index (χ3n) is 13.2. The summed E-state index contributed by atoms with van der Waals surface area (Å²) in [5.41, 5.74) is 18.8. The van der Waals surface area contributed by atoms with Crippen LogP contribution in [-0.2, 0) is 31.9 Å². The lowest BCUT2D eigenvalue weighted by molar-refractivity contribution is -0.141. The van der Waals surface area contributed by atoms with Crippen molar-refractivity contribution in [3.63, 3.8) is 0 Å². The van der Waals surface area contributed by atoms with Gasteiger partial charge in [-0.25, -0.2) is 9.97 Å². The molecule has 358 valence electrons. The number of benzene rings is 9. The van der Waals surface area contributed by atoms with E-state index in [4.69, 9.17) is 19.4 Å². The molecule has 8 nitrogen and oxygen atoms in total. The molecule has 73 heavy (non-hydrogen) atoms. The number of carbonyl (C=O) groups excluding carboxylic acids is 2. The lowest BCUT2D eigenvalue weighted by atomic mass is 10.0. The van der Waals surface area contributed by atoms with Crippen LogP contribution in [0.2, 0.25) is 0 Å². The maximum atomic E-state index is 11.9. The van der Waals surface area contributed by atoms with Crippen molar-refractivity contribution in [1.29, 1.82) is 0 Å². The molecule has 0 atom stereocenters. The lowest BCUT2D eigenvalue weighted by Gasteiger charge is -2.26. The van der Waals surface area contributed by atoms with E-state index in [0.29, 0.717) is 25.7 Å². The van der Waals surface area contributed by atoms with E-state index >= 15 is 0 Å². The van der Waals surface area contributed by atoms with Crippen molar-refractivity contribution in [2.24, 2.45) is 0 Å². The van der Waals surface area contributed by atoms with Crippen LogP contribution in [0.15, 0.2) is 224 Å². The van der Waals surface area contributed by atoms with Crippen LogP contribution in [0.3, 0.4) is 0 Å². The van der Waals surface area contributed by atoms with Gasteiger partial charge in [0.15, 0.2) is 0 Å². The number of aromatic nitrogens is 2. The Hall–Kier alpha value is -9.14. The fourth-order valence-electron chi connectivity index (χ4n) is 9.19. The summed E-state index contributed by atoms with van der Waals surface area (Å²) in [6.45, 7) is 2.08. The van der Waals surface area contributed by atoms with Gasteiger partial charge in [-0.3, -0.25) is 9.59 Å². The van der Waals surface area contributed by atoms with Gasteiger partial charge < -0.3 is 19.3 Å². The number of rotatable bonds is 16. The number of esters is 2. The predicted molar refractivity (Wildman–Crippen MR) is 296 cm³/mol. The Bertz CT molecular complexity index is 3470. The second-order valence-electron chi connectivity index (χ2n) is 18.0. The fraction of sp³-hybridized carbons (Fsp3) is 0.108. The summed E-state index contributed by atoms with van der Waals surface area (Å²) < 4.78 is 9.80. The first kappa shape index (κ1) is 47.5. The number of methoxy groups -OCH3 is 2. The molecule has 0 spiro atoms. The Morgan fingerprint density at radius 3 is 1.04 bits per heavy atom. The number of ether oxygens (including phenoxy) is 2. The smallest absolute Gasteiger partial charge is 0.305 e. The zero-order valence-corrected chi connectivity index (χ0v) is 41.1. The molecule has 10 rings (SSSR count). The van der Waals surface area contributed by atoms with E-state index in [9.17, 15) is 9.59 Å². The third-order valence-corrected chi connectivity index (χ3v) is 13.2. The quantitative estimate of drug-likeness (QED) is 0.0886. The SMILES string of the molecule is COC(=O)CCc1ccc(N(c2ccc(-c3ccccc3)cc2)c2ccc(-c3nc4ccc(C)cc4nc3-c3ccc(N(c4ccc(CCC(=O)OC)cc4)c4ccc(-c5ccccc5)cc4)cc3)cc2)cc1. The summed E-state index contributed by atoms with van der Waals surface area (Å²) >= 11 is 0. The maximum absolute atomic E-state index is 11.9. The summed E-state index contributed by atoms with van der Waals surface area (Å²) in [5.74, 6) is -0.451. The first-order valence-electron chi connectivity index (χ1n) is 24.5. The zero-order valence-electron chi connectivity index (χ0n) is 41.1. The van der Waals surface area contributed by atoms with Crippen LogP contribution >= 0.6 is 0 Å². The number of hydrogen-bond donors (Lipinski definition) is 0. The van der Waals surface area contributed by atoms with E-state index in [1.54, 1.807) is 0 Å². The number of anilines is 6. The molecule has 1 aromatic heterocycles. The largest absolute Gasteiger partial charge is 0.469 e. The van der Waals surface area contributed by atoms with Crippen LogP contribution < -0.4 is 9.80 Å². The van der Waals surface area contributed by atoms with Crippen LogP contribution in [0.5, 0.6) is 0 Å². The van der Waals surface area contributed by atoms with Gasteiger partial charge in [0, 0.05) is 58.1 Å².